The molecule has 7 heteroatoms. The fourth-order valence-electron chi connectivity index (χ4n) is 1.24. The van der Waals surface area contributed by atoms with E-state index < -0.39 is 11.4 Å². The van der Waals surface area contributed by atoms with Gasteiger partial charge < -0.3 is 16.2 Å². The summed E-state index contributed by atoms with van der Waals surface area (Å²) in [6.07, 6.45) is 0. The van der Waals surface area contributed by atoms with Gasteiger partial charge in [-0.15, -0.1) is 0 Å². The number of hydrogen-bond acceptors (Lipinski definition) is 3. The summed E-state index contributed by atoms with van der Waals surface area (Å²) >= 11 is 6.45. The number of carbonyl (C=O) groups is 2. The van der Waals surface area contributed by atoms with E-state index >= 15 is 0 Å². The van der Waals surface area contributed by atoms with E-state index in [-0.39, 0.29) is 23.7 Å². The molecular weight excluding hydrogens is 380 g/mol. The molecule has 0 bridgehead atoms. The number of carboxylic acids is 1. The molecule has 0 aliphatic carbocycles. The van der Waals surface area contributed by atoms with Crippen molar-refractivity contribution in [2.45, 2.75) is 13.8 Å². The second kappa shape index (κ2) is 6.02. The van der Waals surface area contributed by atoms with Crippen LogP contribution in [0.3, 0.4) is 0 Å². The van der Waals surface area contributed by atoms with Crippen LogP contribution in [0.15, 0.2) is 21.1 Å². The van der Waals surface area contributed by atoms with Crippen LogP contribution in [0.25, 0.3) is 0 Å². The number of anilines is 1. The van der Waals surface area contributed by atoms with Crippen LogP contribution in [-0.4, -0.2) is 23.5 Å². The van der Waals surface area contributed by atoms with E-state index in [1.165, 1.54) is 6.07 Å². The Balaban J connectivity index is 3.21. The zero-order valence-corrected chi connectivity index (χ0v) is 13.6. The highest BCUT2D eigenvalue weighted by Crippen LogP contribution is 2.32. The lowest BCUT2D eigenvalue weighted by Crippen LogP contribution is -2.37. The van der Waals surface area contributed by atoms with Crippen molar-refractivity contribution in [3.63, 3.8) is 0 Å². The number of halogens is 2. The number of nitrogens with one attached hydrogen (secondary N) is 1. The Labute approximate surface area is 127 Å². The monoisotopic (exact) mass is 392 g/mol. The predicted octanol–water partition coefficient (Wildman–Crippen LogP) is 2.83. The maximum absolute atomic E-state index is 12.1. The maximum atomic E-state index is 12.1. The summed E-state index contributed by atoms with van der Waals surface area (Å²) in [4.78, 5) is 23.3. The topological polar surface area (TPSA) is 92.4 Å². The quantitative estimate of drug-likeness (QED) is 0.733. The number of hydrogen-bond donors (Lipinski definition) is 3. The Morgan fingerprint density at radius 1 is 1.37 bits per heavy atom. The average Bonchev–Trinajstić information content (AvgIpc) is 2.31. The van der Waals surface area contributed by atoms with Gasteiger partial charge in [-0.25, -0.2) is 4.79 Å². The van der Waals surface area contributed by atoms with E-state index in [9.17, 15) is 9.59 Å². The molecule has 0 aromatic heterocycles. The van der Waals surface area contributed by atoms with Gasteiger partial charge in [-0.2, -0.15) is 0 Å². The van der Waals surface area contributed by atoms with Gasteiger partial charge in [-0.1, -0.05) is 15.9 Å². The van der Waals surface area contributed by atoms with Crippen molar-refractivity contribution >= 4 is 49.4 Å². The zero-order valence-electron chi connectivity index (χ0n) is 10.5. The van der Waals surface area contributed by atoms with Crippen LogP contribution < -0.4 is 11.1 Å². The minimum atomic E-state index is -1.12. The fourth-order valence-corrected chi connectivity index (χ4v) is 2.57. The molecule has 0 atom stereocenters. The Hall–Kier alpha value is -0.920. The molecule has 19 heavy (non-hydrogen) atoms. The third-order valence-corrected chi connectivity index (χ3v) is 3.73. The van der Waals surface area contributed by atoms with Crippen molar-refractivity contribution in [2.24, 2.45) is 11.1 Å². The van der Waals surface area contributed by atoms with Gasteiger partial charge in [0.15, 0.2) is 0 Å². The van der Waals surface area contributed by atoms with Crippen molar-refractivity contribution in [2.75, 3.05) is 11.9 Å². The summed E-state index contributed by atoms with van der Waals surface area (Å²) in [5, 5.41) is 11.8. The molecule has 4 N–H and O–H groups in total. The summed E-state index contributed by atoms with van der Waals surface area (Å²) in [5.74, 6) is -1.46. The van der Waals surface area contributed by atoms with Crippen LogP contribution in [-0.2, 0) is 4.79 Å². The van der Waals surface area contributed by atoms with Gasteiger partial charge in [0.1, 0.15) is 0 Å². The number of rotatable bonds is 4. The molecule has 0 unspecified atom stereocenters. The summed E-state index contributed by atoms with van der Waals surface area (Å²) < 4.78 is 1.09. The third-order valence-electron chi connectivity index (χ3n) is 2.65. The standard InChI is InChI=1S/C12H14Br2N2O3/c1-12(2,5-15)11(19)16-9-7(10(17)18)3-6(13)4-8(9)14/h3-4H,5,15H2,1-2H3,(H,16,19)(H,17,18). The molecule has 0 saturated carbocycles. The largest absolute Gasteiger partial charge is 0.478 e. The molecule has 0 radical (unpaired) electrons. The van der Waals surface area contributed by atoms with Crippen molar-refractivity contribution in [1.82, 2.24) is 0 Å². The molecule has 0 saturated heterocycles. The number of carbonyl (C=O) groups excluding carboxylic acids is 1. The van der Waals surface area contributed by atoms with Crippen LogP contribution in [0.5, 0.6) is 0 Å². The molecule has 1 amide bonds. The second-order valence-corrected chi connectivity index (χ2v) is 6.43. The van der Waals surface area contributed by atoms with E-state index in [4.69, 9.17) is 10.8 Å². The van der Waals surface area contributed by atoms with Crippen LogP contribution >= 0.6 is 31.9 Å². The highest BCUT2D eigenvalue weighted by molar-refractivity contribution is 9.11. The lowest BCUT2D eigenvalue weighted by Gasteiger charge is -2.22. The van der Waals surface area contributed by atoms with Crippen molar-refractivity contribution in [3.8, 4) is 0 Å². The molecule has 1 rings (SSSR count). The van der Waals surface area contributed by atoms with Crippen molar-refractivity contribution in [3.05, 3.63) is 26.6 Å². The van der Waals surface area contributed by atoms with Gasteiger partial charge in [-0.3, -0.25) is 4.79 Å². The van der Waals surface area contributed by atoms with Crippen molar-refractivity contribution in [1.29, 1.82) is 0 Å². The Bertz CT molecular complexity index is 530. The van der Waals surface area contributed by atoms with Gasteiger partial charge in [0, 0.05) is 15.5 Å². The van der Waals surface area contributed by atoms with E-state index in [1.54, 1.807) is 19.9 Å². The smallest absolute Gasteiger partial charge is 0.337 e. The molecule has 0 aliphatic heterocycles. The molecule has 104 valence electrons. The minimum absolute atomic E-state index is 0.00224. The maximum Gasteiger partial charge on any atom is 0.337 e. The van der Waals surface area contributed by atoms with E-state index in [0.717, 1.165) is 0 Å². The number of aromatic carboxylic acids is 1. The van der Waals surface area contributed by atoms with Gasteiger partial charge in [0.25, 0.3) is 0 Å². The molecule has 5 nitrogen and oxygen atoms in total. The molecule has 0 heterocycles. The van der Waals surface area contributed by atoms with E-state index in [2.05, 4.69) is 37.2 Å². The molecule has 0 spiro atoms. The summed E-state index contributed by atoms with van der Waals surface area (Å²) in [5.41, 5.74) is 4.98. The summed E-state index contributed by atoms with van der Waals surface area (Å²) in [6, 6.07) is 3.09. The third kappa shape index (κ3) is 3.77. The van der Waals surface area contributed by atoms with Crippen LogP contribution in [0.2, 0.25) is 0 Å². The highest BCUT2D eigenvalue weighted by Gasteiger charge is 2.28. The molecule has 1 aromatic rings. The molecule has 1 aromatic carbocycles. The first-order valence-electron chi connectivity index (χ1n) is 5.43. The number of amides is 1. The zero-order chi connectivity index (χ0) is 14.8. The van der Waals surface area contributed by atoms with Crippen LogP contribution in [0, 0.1) is 5.41 Å². The number of carboxylic acid groups (broad SMARTS) is 1. The van der Waals surface area contributed by atoms with E-state index in [0.29, 0.717) is 8.95 Å². The van der Waals surface area contributed by atoms with Gasteiger partial charge in [-0.05, 0) is 41.9 Å². The fraction of sp³-hybridized carbons (Fsp3) is 0.333. The average molecular weight is 394 g/mol. The predicted molar refractivity (Wildman–Crippen MR) is 80.3 cm³/mol. The normalized spacial score (nSPS) is 11.2. The minimum Gasteiger partial charge on any atom is -0.478 e. The first-order chi connectivity index (χ1) is 8.69. The molecular formula is C12H14Br2N2O3. The van der Waals surface area contributed by atoms with Crippen LogP contribution in [0.1, 0.15) is 24.2 Å². The van der Waals surface area contributed by atoms with Gasteiger partial charge in [0.2, 0.25) is 5.91 Å². The summed E-state index contributed by atoms with van der Waals surface area (Å²) in [6.45, 7) is 3.54. The highest BCUT2D eigenvalue weighted by atomic mass is 79.9. The number of benzene rings is 1. The molecule has 0 aliphatic rings. The summed E-state index contributed by atoms with van der Waals surface area (Å²) in [7, 11) is 0. The SMILES string of the molecule is CC(C)(CN)C(=O)Nc1c(Br)cc(Br)cc1C(=O)O. The Morgan fingerprint density at radius 3 is 2.42 bits per heavy atom. The number of nitrogens with two attached hydrogens (primary N) is 1. The van der Waals surface area contributed by atoms with Gasteiger partial charge >= 0.3 is 5.97 Å². The van der Waals surface area contributed by atoms with Crippen LogP contribution in [0.4, 0.5) is 5.69 Å². The lowest BCUT2D eigenvalue weighted by molar-refractivity contribution is -0.123. The van der Waals surface area contributed by atoms with E-state index in [1.807, 2.05) is 0 Å². The van der Waals surface area contributed by atoms with Gasteiger partial charge in [0.05, 0.1) is 16.7 Å². The first-order valence-corrected chi connectivity index (χ1v) is 7.01. The Kier molecular flexibility index (Phi) is 5.11. The molecule has 0 fully saturated rings. The first kappa shape index (κ1) is 16.1. The van der Waals surface area contributed by atoms with Crippen molar-refractivity contribution < 1.29 is 14.7 Å². The lowest BCUT2D eigenvalue weighted by atomic mass is 9.92. The Morgan fingerprint density at radius 2 is 1.95 bits per heavy atom. The second-order valence-electron chi connectivity index (χ2n) is 4.66.